The second-order valence-corrected chi connectivity index (χ2v) is 4.70. The van der Waals surface area contributed by atoms with Crippen LogP contribution in [0.15, 0.2) is 0 Å². The van der Waals surface area contributed by atoms with Gasteiger partial charge < -0.3 is 20.5 Å². The molecule has 6 heteroatoms. The van der Waals surface area contributed by atoms with Gasteiger partial charge >= 0.3 is 0 Å². The number of amides is 1. The number of ether oxygens (including phenoxy) is 2. The van der Waals surface area contributed by atoms with Crippen LogP contribution in [0.3, 0.4) is 0 Å². The molecule has 0 radical (unpaired) electrons. The van der Waals surface area contributed by atoms with Crippen molar-refractivity contribution in [2.45, 2.75) is 38.6 Å². The zero-order valence-corrected chi connectivity index (χ0v) is 12.5. The molecule has 19 heavy (non-hydrogen) atoms. The van der Waals surface area contributed by atoms with Crippen molar-refractivity contribution >= 4 is 18.3 Å². The SMILES string of the molecule is CCOCCOCC(=O)NC1CCCCC1CN.Cl. The van der Waals surface area contributed by atoms with Gasteiger partial charge in [0.2, 0.25) is 5.91 Å². The number of nitrogens with one attached hydrogen (secondary N) is 1. The third-order valence-corrected chi connectivity index (χ3v) is 3.37. The van der Waals surface area contributed by atoms with Crippen molar-refractivity contribution in [3.63, 3.8) is 0 Å². The summed E-state index contributed by atoms with van der Waals surface area (Å²) in [4.78, 5) is 11.7. The van der Waals surface area contributed by atoms with Gasteiger partial charge in [-0.1, -0.05) is 12.8 Å². The van der Waals surface area contributed by atoms with Crippen LogP contribution in [0, 0.1) is 5.92 Å². The van der Waals surface area contributed by atoms with Gasteiger partial charge in [0.15, 0.2) is 0 Å². The van der Waals surface area contributed by atoms with E-state index in [9.17, 15) is 4.79 Å². The van der Waals surface area contributed by atoms with Crippen molar-refractivity contribution < 1.29 is 14.3 Å². The molecule has 0 aromatic rings. The first-order chi connectivity index (χ1) is 8.77. The molecule has 0 aliphatic heterocycles. The molecule has 0 aromatic heterocycles. The van der Waals surface area contributed by atoms with Gasteiger partial charge in [-0.05, 0) is 32.2 Å². The summed E-state index contributed by atoms with van der Waals surface area (Å²) >= 11 is 0. The molecule has 0 bridgehead atoms. The van der Waals surface area contributed by atoms with E-state index in [0.717, 1.165) is 12.8 Å². The highest BCUT2D eigenvalue weighted by Gasteiger charge is 2.25. The molecule has 1 saturated carbocycles. The average Bonchev–Trinajstić information content (AvgIpc) is 2.39. The average molecular weight is 295 g/mol. The van der Waals surface area contributed by atoms with Crippen LogP contribution in [0.1, 0.15) is 32.6 Å². The molecule has 1 aliphatic rings. The van der Waals surface area contributed by atoms with Crippen LogP contribution in [-0.4, -0.2) is 44.9 Å². The van der Waals surface area contributed by atoms with Gasteiger partial charge in [0.25, 0.3) is 0 Å². The van der Waals surface area contributed by atoms with Crippen molar-refractivity contribution in [3.8, 4) is 0 Å². The van der Waals surface area contributed by atoms with E-state index in [-0.39, 0.29) is 31.0 Å². The van der Waals surface area contributed by atoms with Gasteiger partial charge in [0, 0.05) is 12.6 Å². The first-order valence-electron chi connectivity index (χ1n) is 6.92. The van der Waals surface area contributed by atoms with Crippen molar-refractivity contribution in [2.75, 3.05) is 33.0 Å². The zero-order valence-electron chi connectivity index (χ0n) is 11.7. The quantitative estimate of drug-likeness (QED) is 0.657. The number of hydrogen-bond acceptors (Lipinski definition) is 4. The summed E-state index contributed by atoms with van der Waals surface area (Å²) in [5, 5.41) is 3.03. The van der Waals surface area contributed by atoms with Crippen LogP contribution >= 0.6 is 12.4 Å². The van der Waals surface area contributed by atoms with Crippen LogP contribution < -0.4 is 11.1 Å². The molecule has 3 N–H and O–H groups in total. The summed E-state index contributed by atoms with van der Waals surface area (Å²) in [5.74, 6) is 0.378. The minimum atomic E-state index is -0.0446. The summed E-state index contributed by atoms with van der Waals surface area (Å²) in [6, 6.07) is 0.228. The lowest BCUT2D eigenvalue weighted by molar-refractivity contribution is -0.127. The molecule has 0 spiro atoms. The Kier molecular flexibility index (Phi) is 11.2. The lowest BCUT2D eigenvalue weighted by Crippen LogP contribution is -2.46. The molecule has 114 valence electrons. The second kappa shape index (κ2) is 11.5. The second-order valence-electron chi connectivity index (χ2n) is 4.70. The van der Waals surface area contributed by atoms with Crippen LogP contribution in [0.4, 0.5) is 0 Å². The molecule has 5 nitrogen and oxygen atoms in total. The number of hydrogen-bond donors (Lipinski definition) is 2. The predicted molar refractivity (Wildman–Crippen MR) is 77.5 cm³/mol. The van der Waals surface area contributed by atoms with Crippen molar-refractivity contribution in [1.29, 1.82) is 0 Å². The summed E-state index contributed by atoms with van der Waals surface area (Å²) in [6.45, 7) is 4.38. The first kappa shape index (κ1) is 18.6. The first-order valence-corrected chi connectivity index (χ1v) is 6.92. The highest BCUT2D eigenvalue weighted by Crippen LogP contribution is 2.23. The third kappa shape index (κ3) is 7.72. The van der Waals surface area contributed by atoms with E-state index in [1.54, 1.807) is 0 Å². The number of carbonyl (C=O) groups is 1. The fraction of sp³-hybridized carbons (Fsp3) is 0.923. The fourth-order valence-corrected chi connectivity index (χ4v) is 2.36. The van der Waals surface area contributed by atoms with Crippen molar-refractivity contribution in [3.05, 3.63) is 0 Å². The predicted octanol–water partition coefficient (Wildman–Crippen LogP) is 1.09. The third-order valence-electron chi connectivity index (χ3n) is 3.37. The lowest BCUT2D eigenvalue weighted by atomic mass is 9.84. The van der Waals surface area contributed by atoms with Crippen LogP contribution in [0.2, 0.25) is 0 Å². The highest BCUT2D eigenvalue weighted by atomic mass is 35.5. The van der Waals surface area contributed by atoms with Gasteiger partial charge in [0.1, 0.15) is 6.61 Å². The number of nitrogens with two attached hydrogens (primary N) is 1. The molecule has 1 amide bonds. The highest BCUT2D eigenvalue weighted by molar-refractivity contribution is 5.85. The molecular weight excluding hydrogens is 268 g/mol. The van der Waals surface area contributed by atoms with E-state index in [2.05, 4.69) is 5.32 Å². The van der Waals surface area contributed by atoms with Crippen molar-refractivity contribution in [1.82, 2.24) is 5.32 Å². The van der Waals surface area contributed by atoms with Gasteiger partial charge in [-0.25, -0.2) is 0 Å². The van der Waals surface area contributed by atoms with E-state index in [4.69, 9.17) is 15.2 Å². The largest absolute Gasteiger partial charge is 0.379 e. The topological polar surface area (TPSA) is 73.6 Å². The Balaban J connectivity index is 0.00000324. The van der Waals surface area contributed by atoms with Gasteiger partial charge in [-0.15, -0.1) is 12.4 Å². The van der Waals surface area contributed by atoms with Crippen molar-refractivity contribution in [2.24, 2.45) is 11.7 Å². The van der Waals surface area contributed by atoms with Gasteiger partial charge in [0.05, 0.1) is 13.2 Å². The lowest BCUT2D eigenvalue weighted by Gasteiger charge is -2.31. The normalized spacial score (nSPS) is 22.6. The molecule has 1 fully saturated rings. The molecule has 0 heterocycles. The molecule has 1 aliphatic carbocycles. The fourth-order valence-electron chi connectivity index (χ4n) is 2.36. The maximum Gasteiger partial charge on any atom is 0.246 e. The van der Waals surface area contributed by atoms with Crippen LogP contribution in [0.5, 0.6) is 0 Å². The Bertz CT molecular complexity index is 242. The van der Waals surface area contributed by atoms with E-state index in [1.165, 1.54) is 12.8 Å². The Morgan fingerprint density at radius 3 is 2.63 bits per heavy atom. The number of rotatable bonds is 8. The van der Waals surface area contributed by atoms with E-state index in [0.29, 0.717) is 32.3 Å². The standard InChI is InChI=1S/C13H26N2O3.ClH/c1-2-17-7-8-18-10-13(16)15-12-6-4-3-5-11(12)9-14;/h11-12H,2-10,14H2,1H3,(H,15,16);1H. The molecule has 1 rings (SSSR count). The molecule has 0 saturated heterocycles. The minimum absolute atomic E-state index is 0. The number of halogens is 1. The van der Waals surface area contributed by atoms with Crippen LogP contribution in [0.25, 0.3) is 0 Å². The minimum Gasteiger partial charge on any atom is -0.379 e. The Hall–Kier alpha value is -0.360. The Labute approximate surface area is 122 Å². The van der Waals surface area contributed by atoms with Crippen LogP contribution in [-0.2, 0) is 14.3 Å². The number of carbonyl (C=O) groups excluding carboxylic acids is 1. The Morgan fingerprint density at radius 2 is 1.95 bits per heavy atom. The zero-order chi connectivity index (χ0) is 13.2. The molecular formula is C13H27ClN2O3. The van der Waals surface area contributed by atoms with E-state index >= 15 is 0 Å². The summed E-state index contributed by atoms with van der Waals surface area (Å²) in [7, 11) is 0. The maximum absolute atomic E-state index is 11.7. The van der Waals surface area contributed by atoms with Gasteiger partial charge in [-0.2, -0.15) is 0 Å². The maximum atomic E-state index is 11.7. The molecule has 2 unspecified atom stereocenters. The summed E-state index contributed by atoms with van der Waals surface area (Å²) < 4.78 is 10.4. The van der Waals surface area contributed by atoms with E-state index < -0.39 is 0 Å². The van der Waals surface area contributed by atoms with E-state index in [1.807, 2.05) is 6.92 Å². The molecule has 0 aromatic carbocycles. The molecule has 2 atom stereocenters. The summed E-state index contributed by atoms with van der Waals surface area (Å²) in [5.41, 5.74) is 5.73. The summed E-state index contributed by atoms with van der Waals surface area (Å²) in [6.07, 6.45) is 4.55. The monoisotopic (exact) mass is 294 g/mol. The smallest absolute Gasteiger partial charge is 0.246 e. The van der Waals surface area contributed by atoms with Gasteiger partial charge in [-0.3, -0.25) is 4.79 Å². The Morgan fingerprint density at radius 1 is 1.26 bits per heavy atom.